The molecule has 0 radical (unpaired) electrons. The summed E-state index contributed by atoms with van der Waals surface area (Å²) in [6.45, 7) is 0. The molecule has 1 N–H and O–H groups in total. The van der Waals surface area contributed by atoms with Gasteiger partial charge in [-0.05, 0) is 12.1 Å². The summed E-state index contributed by atoms with van der Waals surface area (Å²) in [5.74, 6) is -2.51. The topological polar surface area (TPSA) is 70.3 Å². The van der Waals surface area contributed by atoms with Crippen molar-refractivity contribution in [3.05, 3.63) is 28.8 Å². The van der Waals surface area contributed by atoms with Crippen molar-refractivity contribution in [1.29, 1.82) is 5.26 Å². The van der Waals surface area contributed by atoms with Crippen LogP contribution in [0.5, 0.6) is 5.75 Å². The molecule has 0 unspecified atom stereocenters. The van der Waals surface area contributed by atoms with E-state index in [9.17, 15) is 23.1 Å². The van der Waals surface area contributed by atoms with Crippen LogP contribution in [0.3, 0.4) is 0 Å². The molecule has 0 aliphatic heterocycles. The predicted molar refractivity (Wildman–Crippen MR) is 49.2 cm³/mol. The van der Waals surface area contributed by atoms with Gasteiger partial charge in [0, 0.05) is 0 Å². The number of benzene rings is 1. The molecule has 0 aliphatic carbocycles. The molecular weight excluding hydrogens is 239 g/mol. The summed E-state index contributed by atoms with van der Waals surface area (Å²) in [4.78, 5) is 11.1. The summed E-state index contributed by atoms with van der Waals surface area (Å²) in [5.41, 5.74) is -2.97. The van der Waals surface area contributed by atoms with Crippen LogP contribution < -0.4 is 0 Å². The van der Waals surface area contributed by atoms with E-state index in [1.165, 1.54) is 6.07 Å². The average Bonchev–Trinajstić information content (AvgIpc) is 2.25. The zero-order valence-corrected chi connectivity index (χ0v) is 8.50. The zero-order chi connectivity index (χ0) is 13.2. The number of alkyl halides is 3. The third kappa shape index (κ3) is 2.30. The lowest BCUT2D eigenvalue weighted by Gasteiger charge is -2.13. The minimum absolute atomic E-state index is 0.565. The van der Waals surface area contributed by atoms with Crippen LogP contribution in [0.15, 0.2) is 12.1 Å². The Hall–Kier alpha value is -2.23. The highest BCUT2D eigenvalue weighted by molar-refractivity contribution is 5.92. The number of aromatic hydroxyl groups is 1. The highest BCUT2D eigenvalue weighted by Gasteiger charge is 2.39. The van der Waals surface area contributed by atoms with E-state index in [2.05, 4.69) is 4.74 Å². The summed E-state index contributed by atoms with van der Waals surface area (Å²) in [5, 5.41) is 17.8. The number of methoxy groups -OCH3 is 1. The number of esters is 1. The number of carbonyl (C=O) groups is 1. The smallest absolute Gasteiger partial charge is 0.420 e. The highest BCUT2D eigenvalue weighted by Crippen LogP contribution is 2.40. The van der Waals surface area contributed by atoms with Crippen molar-refractivity contribution in [2.45, 2.75) is 6.18 Å². The van der Waals surface area contributed by atoms with Gasteiger partial charge >= 0.3 is 12.1 Å². The second-order valence-corrected chi connectivity index (χ2v) is 2.99. The third-order valence-electron chi connectivity index (χ3n) is 1.99. The van der Waals surface area contributed by atoms with Crippen LogP contribution in [0.4, 0.5) is 13.2 Å². The van der Waals surface area contributed by atoms with E-state index in [1.807, 2.05) is 0 Å². The quantitative estimate of drug-likeness (QED) is 0.769. The number of nitriles is 1. The van der Waals surface area contributed by atoms with Crippen molar-refractivity contribution in [2.24, 2.45) is 0 Å². The molecule has 1 aromatic rings. The standard InChI is InChI=1S/C10H6F3NO3/c1-17-9(16)6-3-2-5(4-14)8(15)7(6)10(11,12)13/h2-3,15H,1H3. The summed E-state index contributed by atoms with van der Waals surface area (Å²) >= 11 is 0. The number of phenolic OH excluding ortho intramolecular Hbond substituents is 1. The summed E-state index contributed by atoms with van der Waals surface area (Å²) in [6, 6.07) is 3.09. The van der Waals surface area contributed by atoms with Gasteiger partial charge in [-0.1, -0.05) is 0 Å². The Morgan fingerprint density at radius 2 is 2.06 bits per heavy atom. The predicted octanol–water partition coefficient (Wildman–Crippen LogP) is 2.07. The Morgan fingerprint density at radius 1 is 1.47 bits per heavy atom. The van der Waals surface area contributed by atoms with Gasteiger partial charge < -0.3 is 9.84 Å². The molecular formula is C10H6F3NO3. The Labute approximate surface area is 93.8 Å². The molecule has 17 heavy (non-hydrogen) atoms. The van der Waals surface area contributed by atoms with Crippen LogP contribution in [0, 0.1) is 11.3 Å². The van der Waals surface area contributed by atoms with Gasteiger partial charge in [-0.25, -0.2) is 4.79 Å². The third-order valence-corrected chi connectivity index (χ3v) is 1.99. The van der Waals surface area contributed by atoms with Gasteiger partial charge in [0.25, 0.3) is 0 Å². The maximum atomic E-state index is 12.6. The number of ether oxygens (including phenoxy) is 1. The minimum atomic E-state index is -4.96. The van der Waals surface area contributed by atoms with Gasteiger partial charge in [0.1, 0.15) is 17.4 Å². The lowest BCUT2D eigenvalue weighted by atomic mass is 10.0. The highest BCUT2D eigenvalue weighted by atomic mass is 19.4. The second-order valence-electron chi connectivity index (χ2n) is 2.99. The fourth-order valence-corrected chi connectivity index (χ4v) is 1.25. The van der Waals surface area contributed by atoms with Crippen LogP contribution in [-0.4, -0.2) is 18.2 Å². The first-order valence-corrected chi connectivity index (χ1v) is 4.24. The number of hydrogen-bond donors (Lipinski definition) is 1. The van der Waals surface area contributed by atoms with E-state index in [0.717, 1.165) is 19.2 Å². The molecule has 0 bridgehead atoms. The molecule has 0 aliphatic rings. The van der Waals surface area contributed by atoms with Crippen molar-refractivity contribution >= 4 is 5.97 Å². The fraction of sp³-hybridized carbons (Fsp3) is 0.200. The van der Waals surface area contributed by atoms with Crippen molar-refractivity contribution < 1.29 is 27.8 Å². The average molecular weight is 245 g/mol. The first-order valence-electron chi connectivity index (χ1n) is 4.24. The maximum Gasteiger partial charge on any atom is 0.420 e. The molecule has 0 amide bonds. The Bertz CT molecular complexity index is 503. The number of nitrogens with zero attached hydrogens (tertiary/aromatic N) is 1. The van der Waals surface area contributed by atoms with E-state index in [-0.39, 0.29) is 0 Å². The molecule has 0 fully saturated rings. The van der Waals surface area contributed by atoms with Gasteiger partial charge in [-0.15, -0.1) is 0 Å². The van der Waals surface area contributed by atoms with E-state index in [0.29, 0.717) is 0 Å². The molecule has 4 nitrogen and oxygen atoms in total. The molecule has 0 heterocycles. The van der Waals surface area contributed by atoms with Gasteiger partial charge in [-0.2, -0.15) is 18.4 Å². The number of hydrogen-bond acceptors (Lipinski definition) is 4. The van der Waals surface area contributed by atoms with Crippen LogP contribution in [0.2, 0.25) is 0 Å². The molecule has 1 rings (SSSR count). The molecule has 0 aromatic heterocycles. The van der Waals surface area contributed by atoms with E-state index in [1.54, 1.807) is 0 Å². The van der Waals surface area contributed by atoms with E-state index < -0.39 is 34.6 Å². The number of halogens is 3. The summed E-state index contributed by atoms with van der Waals surface area (Å²) in [6.07, 6.45) is -4.96. The fourth-order valence-electron chi connectivity index (χ4n) is 1.25. The molecule has 0 spiro atoms. The first-order chi connectivity index (χ1) is 7.82. The van der Waals surface area contributed by atoms with Gasteiger partial charge in [-0.3, -0.25) is 0 Å². The van der Waals surface area contributed by atoms with E-state index >= 15 is 0 Å². The van der Waals surface area contributed by atoms with Crippen molar-refractivity contribution in [3.63, 3.8) is 0 Å². The minimum Gasteiger partial charge on any atom is -0.506 e. The van der Waals surface area contributed by atoms with Crippen LogP contribution >= 0.6 is 0 Å². The van der Waals surface area contributed by atoms with Crippen LogP contribution in [0.1, 0.15) is 21.5 Å². The molecule has 0 saturated heterocycles. The van der Waals surface area contributed by atoms with Gasteiger partial charge in [0.15, 0.2) is 0 Å². The van der Waals surface area contributed by atoms with Crippen molar-refractivity contribution in [3.8, 4) is 11.8 Å². The van der Waals surface area contributed by atoms with Crippen molar-refractivity contribution in [2.75, 3.05) is 7.11 Å². The normalized spacial score (nSPS) is 10.8. The zero-order valence-electron chi connectivity index (χ0n) is 8.50. The molecule has 7 heteroatoms. The summed E-state index contributed by atoms with van der Waals surface area (Å²) in [7, 11) is 0.914. The SMILES string of the molecule is COC(=O)c1ccc(C#N)c(O)c1C(F)(F)F. The second kappa shape index (κ2) is 4.33. The number of phenols is 1. The Morgan fingerprint density at radius 3 is 2.47 bits per heavy atom. The molecule has 0 atom stereocenters. The monoisotopic (exact) mass is 245 g/mol. The van der Waals surface area contributed by atoms with Gasteiger partial charge in [0.05, 0.1) is 18.2 Å². The Kier molecular flexibility index (Phi) is 3.27. The molecule has 90 valence electrons. The van der Waals surface area contributed by atoms with Crippen LogP contribution in [0.25, 0.3) is 0 Å². The Balaban J connectivity index is 3.60. The van der Waals surface area contributed by atoms with E-state index in [4.69, 9.17) is 5.26 Å². The van der Waals surface area contributed by atoms with Gasteiger partial charge in [0.2, 0.25) is 0 Å². The maximum absolute atomic E-state index is 12.6. The largest absolute Gasteiger partial charge is 0.506 e. The molecule has 1 aromatic carbocycles. The van der Waals surface area contributed by atoms with Crippen molar-refractivity contribution in [1.82, 2.24) is 0 Å². The van der Waals surface area contributed by atoms with Crippen LogP contribution in [-0.2, 0) is 10.9 Å². The molecule has 0 saturated carbocycles. The first kappa shape index (κ1) is 12.8. The lowest BCUT2D eigenvalue weighted by Crippen LogP contribution is -2.15. The summed E-state index contributed by atoms with van der Waals surface area (Å²) < 4.78 is 42.1. The number of carbonyl (C=O) groups excluding carboxylic acids is 1. The number of rotatable bonds is 1. The lowest BCUT2D eigenvalue weighted by molar-refractivity contribution is -0.139.